The molecule has 1 aromatic heterocycles. The molecule has 7 nitrogen and oxygen atoms in total. The summed E-state index contributed by atoms with van der Waals surface area (Å²) in [4.78, 5) is 18.8. The maximum Gasteiger partial charge on any atom is 0.324 e. The highest BCUT2D eigenvalue weighted by atomic mass is 35.5. The molecular weight excluding hydrogens is 354 g/mol. The second-order valence-corrected chi connectivity index (χ2v) is 6.84. The van der Waals surface area contributed by atoms with Crippen molar-refractivity contribution in [2.45, 2.75) is 6.92 Å². The maximum absolute atomic E-state index is 13.0. The summed E-state index contributed by atoms with van der Waals surface area (Å²) in [5, 5.41) is 8.94. The lowest BCUT2D eigenvalue weighted by atomic mass is 10.2. The van der Waals surface area contributed by atoms with E-state index in [9.17, 15) is 4.79 Å². The van der Waals surface area contributed by atoms with Gasteiger partial charge in [-0.3, -0.25) is 4.90 Å². The van der Waals surface area contributed by atoms with E-state index in [0.717, 1.165) is 30.3 Å². The van der Waals surface area contributed by atoms with Gasteiger partial charge in [-0.05, 0) is 31.2 Å². The molecule has 0 bridgehead atoms. The fraction of sp³-hybridized carbons (Fsp3) is 0.389. The molecule has 0 aliphatic carbocycles. The van der Waals surface area contributed by atoms with E-state index in [4.69, 9.17) is 16.3 Å². The van der Waals surface area contributed by atoms with Crippen LogP contribution in [0.4, 0.5) is 16.3 Å². The van der Waals surface area contributed by atoms with Gasteiger partial charge in [0.2, 0.25) is 0 Å². The summed E-state index contributed by atoms with van der Waals surface area (Å²) in [6.07, 6.45) is 0. The molecule has 0 N–H and O–H groups in total. The molecule has 0 spiro atoms. The van der Waals surface area contributed by atoms with E-state index in [1.54, 1.807) is 17.0 Å². The zero-order valence-corrected chi connectivity index (χ0v) is 15.3. The topological polar surface area (TPSA) is 61.8 Å². The van der Waals surface area contributed by atoms with Crippen molar-refractivity contribution in [1.29, 1.82) is 0 Å². The van der Waals surface area contributed by atoms with E-state index >= 15 is 0 Å². The molecule has 3 heterocycles. The number of hydrogen-bond acceptors (Lipinski definition) is 5. The molecule has 2 aromatic rings. The Labute approximate surface area is 157 Å². The summed E-state index contributed by atoms with van der Waals surface area (Å²) >= 11 is 6.03. The number of benzene rings is 1. The number of aromatic nitrogens is 2. The third-order valence-electron chi connectivity index (χ3n) is 4.67. The van der Waals surface area contributed by atoms with Crippen LogP contribution in [0.25, 0.3) is 0 Å². The van der Waals surface area contributed by atoms with Gasteiger partial charge in [0.25, 0.3) is 0 Å². The van der Waals surface area contributed by atoms with Gasteiger partial charge in [-0.15, -0.1) is 5.10 Å². The summed E-state index contributed by atoms with van der Waals surface area (Å²) in [7, 11) is 0. The highest BCUT2D eigenvalue weighted by molar-refractivity contribution is 6.30. The highest BCUT2D eigenvalue weighted by Gasteiger charge is 2.30. The molecule has 1 aromatic carbocycles. The Hall–Kier alpha value is -2.54. The molecule has 2 amide bonds. The van der Waals surface area contributed by atoms with Gasteiger partial charge in [-0.2, -0.15) is 5.10 Å². The molecule has 0 radical (unpaired) electrons. The van der Waals surface area contributed by atoms with E-state index in [1.165, 1.54) is 0 Å². The van der Waals surface area contributed by atoms with Gasteiger partial charge < -0.3 is 14.5 Å². The van der Waals surface area contributed by atoms with Crippen LogP contribution in [0, 0.1) is 6.92 Å². The Kier molecular flexibility index (Phi) is 4.55. The Morgan fingerprint density at radius 1 is 1.08 bits per heavy atom. The van der Waals surface area contributed by atoms with Crippen molar-refractivity contribution >= 4 is 29.1 Å². The smallest absolute Gasteiger partial charge is 0.324 e. The number of aryl methyl sites for hydroxylation is 1. The number of carbonyl (C=O) groups excluding carboxylic acids is 1. The number of amides is 2. The first-order chi connectivity index (χ1) is 12.6. The van der Waals surface area contributed by atoms with Crippen LogP contribution in [0.5, 0.6) is 5.75 Å². The maximum atomic E-state index is 13.0. The molecule has 0 atom stereocenters. The van der Waals surface area contributed by atoms with Gasteiger partial charge in [0.05, 0.1) is 17.9 Å². The van der Waals surface area contributed by atoms with Crippen LogP contribution in [0.2, 0.25) is 5.02 Å². The van der Waals surface area contributed by atoms with Crippen molar-refractivity contribution in [3.8, 4) is 5.75 Å². The average Bonchev–Trinajstić information content (AvgIpc) is 2.67. The predicted octanol–water partition coefficient (Wildman–Crippen LogP) is 2.58. The number of carbonyl (C=O) groups is 1. The predicted molar refractivity (Wildman–Crippen MR) is 100 cm³/mol. The number of rotatable bonds is 1. The number of fused-ring (bicyclic) bond motifs is 1. The minimum Gasteiger partial charge on any atom is -0.489 e. The number of hydrogen-bond donors (Lipinski definition) is 0. The molecule has 0 unspecified atom stereocenters. The molecule has 26 heavy (non-hydrogen) atoms. The van der Waals surface area contributed by atoms with Crippen molar-refractivity contribution in [2.75, 3.05) is 49.1 Å². The third kappa shape index (κ3) is 3.26. The normalized spacial score (nSPS) is 16.9. The first-order valence-electron chi connectivity index (χ1n) is 8.66. The number of halogens is 1. The molecule has 2 aliphatic heterocycles. The van der Waals surface area contributed by atoms with Crippen LogP contribution < -0.4 is 14.5 Å². The summed E-state index contributed by atoms with van der Waals surface area (Å²) in [6, 6.07) is 9.31. The van der Waals surface area contributed by atoms with Crippen molar-refractivity contribution in [3.05, 3.63) is 41.0 Å². The fourth-order valence-corrected chi connectivity index (χ4v) is 3.41. The van der Waals surface area contributed by atoms with Crippen LogP contribution >= 0.6 is 11.6 Å². The van der Waals surface area contributed by atoms with Crippen molar-refractivity contribution in [1.82, 2.24) is 15.1 Å². The van der Waals surface area contributed by atoms with Crippen LogP contribution in [0.1, 0.15) is 5.69 Å². The minimum atomic E-state index is 0.00603. The number of urea groups is 1. The summed E-state index contributed by atoms with van der Waals surface area (Å²) in [5.74, 6) is 1.51. The third-order valence-corrected chi connectivity index (χ3v) is 4.91. The van der Waals surface area contributed by atoms with Gasteiger partial charge in [0.1, 0.15) is 12.4 Å². The largest absolute Gasteiger partial charge is 0.489 e. The number of ether oxygens (including phenoxy) is 1. The second kappa shape index (κ2) is 6.99. The lowest BCUT2D eigenvalue weighted by Gasteiger charge is -2.39. The lowest BCUT2D eigenvalue weighted by molar-refractivity contribution is 0.196. The standard InChI is InChI=1S/C18H20ClN5O2/c1-13-2-5-17(21-20-13)22-6-8-23(9-7-22)18(25)24-10-11-26-16-12-14(19)3-4-15(16)24/h2-5,12H,6-11H2,1H3. The van der Waals surface area contributed by atoms with Gasteiger partial charge in [0.15, 0.2) is 5.82 Å². The molecule has 8 heteroatoms. The minimum absolute atomic E-state index is 0.00603. The Balaban J connectivity index is 1.44. The zero-order valence-electron chi connectivity index (χ0n) is 14.6. The first-order valence-corrected chi connectivity index (χ1v) is 9.04. The number of piperazine rings is 1. The Bertz CT molecular complexity index is 806. The van der Waals surface area contributed by atoms with E-state index in [2.05, 4.69) is 15.1 Å². The average molecular weight is 374 g/mol. The Morgan fingerprint density at radius 2 is 1.88 bits per heavy atom. The van der Waals surface area contributed by atoms with Gasteiger partial charge in [0, 0.05) is 37.3 Å². The molecule has 2 aliphatic rings. The molecule has 1 saturated heterocycles. The van der Waals surface area contributed by atoms with E-state index in [0.29, 0.717) is 37.0 Å². The van der Waals surface area contributed by atoms with Crippen molar-refractivity contribution < 1.29 is 9.53 Å². The first kappa shape index (κ1) is 16.9. The fourth-order valence-electron chi connectivity index (χ4n) is 3.25. The van der Waals surface area contributed by atoms with Crippen molar-refractivity contribution in [2.24, 2.45) is 0 Å². The van der Waals surface area contributed by atoms with Gasteiger partial charge >= 0.3 is 6.03 Å². The van der Waals surface area contributed by atoms with Crippen LogP contribution in [-0.2, 0) is 0 Å². The van der Waals surface area contributed by atoms with Crippen LogP contribution in [0.3, 0.4) is 0 Å². The van der Waals surface area contributed by atoms with Crippen LogP contribution in [0.15, 0.2) is 30.3 Å². The van der Waals surface area contributed by atoms with Gasteiger partial charge in [-0.25, -0.2) is 4.79 Å². The second-order valence-electron chi connectivity index (χ2n) is 6.40. The van der Waals surface area contributed by atoms with E-state index in [1.807, 2.05) is 30.0 Å². The molecule has 136 valence electrons. The van der Waals surface area contributed by atoms with Gasteiger partial charge in [-0.1, -0.05) is 11.6 Å². The SMILES string of the molecule is Cc1ccc(N2CCN(C(=O)N3CCOc4cc(Cl)ccc43)CC2)nn1. The van der Waals surface area contributed by atoms with E-state index in [-0.39, 0.29) is 6.03 Å². The molecule has 1 fully saturated rings. The van der Waals surface area contributed by atoms with Crippen molar-refractivity contribution in [3.63, 3.8) is 0 Å². The number of nitrogens with zero attached hydrogens (tertiary/aromatic N) is 5. The summed E-state index contributed by atoms with van der Waals surface area (Å²) in [6.45, 7) is 5.70. The monoisotopic (exact) mass is 373 g/mol. The summed E-state index contributed by atoms with van der Waals surface area (Å²) < 4.78 is 5.64. The lowest BCUT2D eigenvalue weighted by Crippen LogP contribution is -2.54. The summed E-state index contributed by atoms with van der Waals surface area (Å²) in [5.41, 5.74) is 1.67. The zero-order chi connectivity index (χ0) is 18.1. The molecule has 0 saturated carbocycles. The van der Waals surface area contributed by atoms with Crippen LogP contribution in [-0.4, -0.2) is 60.5 Å². The van der Waals surface area contributed by atoms with E-state index < -0.39 is 0 Å². The Morgan fingerprint density at radius 3 is 2.62 bits per heavy atom. The molecule has 4 rings (SSSR count). The molecular formula is C18H20ClN5O2. The quantitative estimate of drug-likeness (QED) is 0.768. The number of anilines is 2. The highest BCUT2D eigenvalue weighted by Crippen LogP contribution is 2.34.